The van der Waals surface area contributed by atoms with Crippen LogP contribution in [0.2, 0.25) is 0 Å². The fraction of sp³-hybridized carbons (Fsp3) is 0.250. The summed E-state index contributed by atoms with van der Waals surface area (Å²) in [7, 11) is 3.10. The summed E-state index contributed by atoms with van der Waals surface area (Å²) in [5, 5.41) is 30.0. The van der Waals surface area contributed by atoms with Crippen molar-refractivity contribution >= 4 is 34.7 Å². The molecule has 1 aromatic carbocycles. The number of carbonyl (C=O) groups is 1. The van der Waals surface area contributed by atoms with Crippen molar-refractivity contribution in [1.29, 1.82) is 5.41 Å². The lowest BCUT2D eigenvalue weighted by Crippen LogP contribution is -2.37. The number of rotatable bonds is 8. The van der Waals surface area contributed by atoms with E-state index in [-0.39, 0.29) is 12.4 Å². The van der Waals surface area contributed by atoms with E-state index in [1.807, 2.05) is 30.3 Å². The number of nitrogens with one attached hydrogen (secondary N) is 4. The highest BCUT2D eigenvalue weighted by molar-refractivity contribution is 6.02. The average molecular weight is 409 g/mol. The molecule has 2 aromatic heterocycles. The first-order valence-corrected chi connectivity index (χ1v) is 9.21. The van der Waals surface area contributed by atoms with E-state index in [0.29, 0.717) is 34.6 Å². The number of methoxy groups -OCH3 is 1. The first kappa shape index (κ1) is 20.9. The molecule has 0 saturated heterocycles. The number of anilines is 1. The molecule has 3 rings (SSSR count). The van der Waals surface area contributed by atoms with Gasteiger partial charge in [-0.3, -0.25) is 15.4 Å². The van der Waals surface area contributed by atoms with E-state index in [2.05, 4.69) is 30.8 Å². The van der Waals surface area contributed by atoms with Crippen LogP contribution in [-0.4, -0.2) is 52.4 Å². The number of carbonyl (C=O) groups excluding carboxylic acids is 1. The van der Waals surface area contributed by atoms with Crippen molar-refractivity contribution in [3.05, 3.63) is 47.7 Å². The highest BCUT2D eigenvalue weighted by Crippen LogP contribution is 2.27. The number of urea groups is 1. The molecule has 10 heteroatoms. The van der Waals surface area contributed by atoms with E-state index < -0.39 is 12.1 Å². The Bertz CT molecular complexity index is 1060. The van der Waals surface area contributed by atoms with Crippen LogP contribution in [0.5, 0.6) is 5.88 Å². The van der Waals surface area contributed by atoms with Crippen molar-refractivity contribution in [1.82, 2.24) is 20.5 Å². The molecule has 0 saturated carbocycles. The van der Waals surface area contributed by atoms with Crippen LogP contribution >= 0.6 is 0 Å². The topological polar surface area (TPSA) is 148 Å². The predicted molar refractivity (Wildman–Crippen MR) is 114 cm³/mol. The Labute approximate surface area is 172 Å². The van der Waals surface area contributed by atoms with Gasteiger partial charge in [-0.1, -0.05) is 30.3 Å². The second-order valence-corrected chi connectivity index (χ2v) is 6.33. The van der Waals surface area contributed by atoms with Crippen molar-refractivity contribution in [2.75, 3.05) is 19.5 Å². The van der Waals surface area contributed by atoms with Crippen LogP contribution in [-0.2, 0) is 6.61 Å². The smallest absolute Gasteiger partial charge is 0.321 e. The largest absolute Gasteiger partial charge is 0.479 e. The van der Waals surface area contributed by atoms with E-state index >= 15 is 0 Å². The molecule has 2 heterocycles. The zero-order valence-electron chi connectivity index (χ0n) is 16.6. The number of nitrogens with zero attached hydrogens (tertiary/aromatic N) is 3. The monoisotopic (exact) mass is 409 g/mol. The zero-order valence-corrected chi connectivity index (χ0v) is 16.6. The van der Waals surface area contributed by atoms with Crippen LogP contribution < -0.4 is 15.4 Å². The highest BCUT2D eigenvalue weighted by Gasteiger charge is 2.21. The Morgan fingerprint density at radius 1 is 1.40 bits per heavy atom. The molecule has 0 aliphatic rings. The predicted octanol–water partition coefficient (Wildman–Crippen LogP) is 2.43. The fourth-order valence-electron chi connectivity index (χ4n) is 3.15. The van der Waals surface area contributed by atoms with Gasteiger partial charge in [0.05, 0.1) is 36.4 Å². The Kier molecular flexibility index (Phi) is 6.71. The van der Waals surface area contributed by atoms with Gasteiger partial charge < -0.3 is 20.6 Å². The van der Waals surface area contributed by atoms with Crippen molar-refractivity contribution in [2.45, 2.75) is 19.1 Å². The maximum absolute atomic E-state index is 12.7. The van der Waals surface area contributed by atoms with E-state index in [4.69, 9.17) is 10.1 Å². The van der Waals surface area contributed by atoms with Gasteiger partial charge in [0.25, 0.3) is 0 Å². The molecule has 0 radical (unpaired) electrons. The molecule has 5 N–H and O–H groups in total. The Morgan fingerprint density at radius 3 is 2.80 bits per heavy atom. The van der Waals surface area contributed by atoms with Gasteiger partial charge in [0.2, 0.25) is 5.88 Å². The quantitative estimate of drug-likeness (QED) is 0.362. The van der Waals surface area contributed by atoms with E-state index in [1.54, 1.807) is 13.1 Å². The Balaban J connectivity index is 1.86. The summed E-state index contributed by atoms with van der Waals surface area (Å²) in [6, 6.07) is 9.98. The Morgan fingerprint density at radius 2 is 2.17 bits per heavy atom. The van der Waals surface area contributed by atoms with Crippen molar-refractivity contribution < 1.29 is 14.6 Å². The maximum Gasteiger partial charge on any atom is 0.321 e. The van der Waals surface area contributed by atoms with Crippen LogP contribution in [0.3, 0.4) is 0 Å². The third-order valence-electron chi connectivity index (χ3n) is 4.51. The number of amides is 2. The molecule has 0 spiro atoms. The van der Waals surface area contributed by atoms with Gasteiger partial charge in [0.15, 0.2) is 0 Å². The molecule has 3 aromatic rings. The van der Waals surface area contributed by atoms with Crippen LogP contribution in [0.4, 0.5) is 10.6 Å². The van der Waals surface area contributed by atoms with Gasteiger partial charge in [-0.2, -0.15) is 0 Å². The molecule has 156 valence electrons. The number of fused-ring (bicyclic) bond motifs is 1. The van der Waals surface area contributed by atoms with Gasteiger partial charge in [0, 0.05) is 31.5 Å². The number of aromatic nitrogens is 3. The second-order valence-electron chi connectivity index (χ2n) is 6.33. The molecule has 0 fully saturated rings. The highest BCUT2D eigenvalue weighted by atomic mass is 16.5. The van der Waals surface area contributed by atoms with Gasteiger partial charge in [-0.15, -0.1) is 5.10 Å². The number of benzene rings is 1. The van der Waals surface area contributed by atoms with Crippen molar-refractivity contribution in [3.8, 4) is 5.88 Å². The van der Waals surface area contributed by atoms with Crippen LogP contribution in [0.15, 0.2) is 41.4 Å². The van der Waals surface area contributed by atoms with Gasteiger partial charge >= 0.3 is 6.03 Å². The standard InChI is InChI=1S/C20H23N7O3/c1-22-13(8-9-21)18(12-6-4-3-5-7-12)25-20(29)24-16-10-14-17(15(11-28)23-16)19(30-2)27-26-14/h3-7,9-10,18,21,28H,8,11H2,1-2H3,(H,26,27)(H2,23,24,25,29). The number of ether oxygens (including phenoxy) is 1. The number of pyridine rings is 1. The molecular formula is C20H23N7O3. The van der Waals surface area contributed by atoms with E-state index in [0.717, 1.165) is 5.56 Å². The number of aliphatic imine (C=N–C) groups is 1. The second kappa shape index (κ2) is 9.61. The third kappa shape index (κ3) is 4.44. The third-order valence-corrected chi connectivity index (χ3v) is 4.51. The minimum absolute atomic E-state index is 0.240. The van der Waals surface area contributed by atoms with Crippen LogP contribution in [0.25, 0.3) is 10.9 Å². The minimum atomic E-state index is -0.508. The van der Waals surface area contributed by atoms with Crippen LogP contribution in [0.1, 0.15) is 23.7 Å². The lowest BCUT2D eigenvalue weighted by Gasteiger charge is -2.21. The zero-order chi connectivity index (χ0) is 21.5. The fourth-order valence-corrected chi connectivity index (χ4v) is 3.15. The number of H-pyrrole nitrogens is 1. The summed E-state index contributed by atoms with van der Waals surface area (Å²) in [6.45, 7) is -0.345. The lowest BCUT2D eigenvalue weighted by atomic mass is 10.00. The first-order chi connectivity index (χ1) is 14.6. The van der Waals surface area contributed by atoms with Crippen LogP contribution in [0, 0.1) is 5.41 Å². The van der Waals surface area contributed by atoms with Gasteiger partial charge in [-0.25, -0.2) is 9.78 Å². The molecule has 30 heavy (non-hydrogen) atoms. The summed E-state index contributed by atoms with van der Waals surface area (Å²) in [5.41, 5.74) is 2.38. The van der Waals surface area contributed by atoms with Crippen molar-refractivity contribution in [3.63, 3.8) is 0 Å². The van der Waals surface area contributed by atoms with Gasteiger partial charge in [-0.05, 0) is 5.56 Å². The molecule has 0 aliphatic heterocycles. The van der Waals surface area contributed by atoms with E-state index in [9.17, 15) is 9.90 Å². The molecular weight excluding hydrogens is 386 g/mol. The number of hydrogen-bond acceptors (Lipinski definition) is 7. The minimum Gasteiger partial charge on any atom is -0.479 e. The molecule has 0 bridgehead atoms. The molecule has 2 amide bonds. The molecule has 1 atom stereocenters. The molecule has 10 nitrogen and oxygen atoms in total. The lowest BCUT2D eigenvalue weighted by molar-refractivity contribution is 0.250. The number of aliphatic hydroxyl groups is 1. The normalized spacial score (nSPS) is 12.4. The number of hydrogen-bond donors (Lipinski definition) is 5. The summed E-state index contributed by atoms with van der Waals surface area (Å²) < 4.78 is 5.17. The SMILES string of the molecule is CN=C(CC=N)C(NC(=O)Nc1cc2[nH]nc(OC)c2c(CO)n1)c1ccccc1. The summed E-state index contributed by atoms with van der Waals surface area (Å²) in [6.07, 6.45) is 1.55. The number of aromatic amines is 1. The van der Waals surface area contributed by atoms with Crippen molar-refractivity contribution in [2.24, 2.45) is 4.99 Å². The first-order valence-electron chi connectivity index (χ1n) is 9.21. The molecule has 0 aliphatic carbocycles. The number of aliphatic hydroxyl groups excluding tert-OH is 1. The maximum atomic E-state index is 12.7. The van der Waals surface area contributed by atoms with Gasteiger partial charge in [0.1, 0.15) is 5.82 Å². The summed E-state index contributed by atoms with van der Waals surface area (Å²) in [4.78, 5) is 21.3. The summed E-state index contributed by atoms with van der Waals surface area (Å²) >= 11 is 0. The Hall–Kier alpha value is -3.79. The molecule has 1 unspecified atom stereocenters. The average Bonchev–Trinajstić information content (AvgIpc) is 3.19. The van der Waals surface area contributed by atoms with E-state index in [1.165, 1.54) is 13.3 Å². The summed E-state index contributed by atoms with van der Waals surface area (Å²) in [5.74, 6) is 0.557.